The summed E-state index contributed by atoms with van der Waals surface area (Å²) in [6.45, 7) is 10.2. The van der Waals surface area contributed by atoms with Crippen LogP contribution < -0.4 is 0 Å². The second kappa shape index (κ2) is 20.3. The van der Waals surface area contributed by atoms with Crippen molar-refractivity contribution in [2.45, 2.75) is 160 Å². The van der Waals surface area contributed by atoms with Gasteiger partial charge in [-0.25, -0.2) is 4.68 Å². The molecule has 1 aromatic heterocycles. The molecule has 0 amide bonds. The number of allylic oxidation sites excluding steroid dienone is 4. The number of hydrogen-bond acceptors (Lipinski definition) is 13. The van der Waals surface area contributed by atoms with Crippen molar-refractivity contribution in [1.82, 2.24) is 19.9 Å². The summed E-state index contributed by atoms with van der Waals surface area (Å²) < 4.78 is 52.5. The summed E-state index contributed by atoms with van der Waals surface area (Å²) in [5.41, 5.74) is 4.60. The number of cyclic esters (lactones) is 1. The van der Waals surface area contributed by atoms with Gasteiger partial charge in [0.1, 0.15) is 30.1 Å². The first kappa shape index (κ1) is 47.2. The van der Waals surface area contributed by atoms with Crippen LogP contribution in [-0.2, 0) is 47.5 Å². The average Bonchev–Trinajstić information content (AvgIpc) is 4.02. The summed E-state index contributed by atoms with van der Waals surface area (Å²) >= 11 is 0. The third-order valence-corrected chi connectivity index (χ3v) is 15.4. The molecule has 6 aliphatic rings. The molecule has 4 heterocycles. The second-order valence-corrected chi connectivity index (χ2v) is 19.6. The van der Waals surface area contributed by atoms with E-state index in [0.717, 1.165) is 48.2 Å². The number of methoxy groups -OCH3 is 3. The number of nitrogens with zero attached hydrogens (tertiary/aromatic N) is 4. The normalized spacial score (nSPS) is 39.5. The molecule has 1 aromatic carbocycles. The molecule has 0 spiro atoms. The zero-order valence-corrected chi connectivity index (χ0v) is 39.6. The van der Waals surface area contributed by atoms with Crippen molar-refractivity contribution in [3.63, 3.8) is 0 Å². The maximum atomic E-state index is 15.2. The SMILES string of the molecule is CC[C@H]1CCC[C@H](O[C@H]2CC[C@H](N(C)C)C(C)O2)[C@@H](C)C(=O)C2=C[C@@H]3[C@@H](C=C(n4cc(-c5cccc(C)c5)nn4)[C@@H]4C[C@@H](O[C@@H]5OC(C)[C@H](OC)C(OC)[C@@H]5OC)C[C@@H]34)[C@@H]2CC(=O)O1. The number of hydrogen-bond donors (Lipinski definition) is 0. The van der Waals surface area contributed by atoms with Gasteiger partial charge in [-0.05, 0) is 116 Å². The van der Waals surface area contributed by atoms with Gasteiger partial charge in [-0.3, -0.25) is 9.59 Å². The van der Waals surface area contributed by atoms with E-state index >= 15 is 4.79 Å². The number of rotatable bonds is 11. The monoisotopic (exact) mass is 889 g/mol. The Morgan fingerprint density at radius 2 is 1.64 bits per heavy atom. The fourth-order valence-electron chi connectivity index (χ4n) is 12.1. The maximum Gasteiger partial charge on any atom is 0.306 e. The maximum absolute atomic E-state index is 15.2. The Morgan fingerprint density at radius 3 is 2.34 bits per heavy atom. The standard InChI is InChI=1S/C50H72N4O10/c1-11-32-16-13-17-43(64-45-19-18-41(53(6)7)29(4)60-45)28(3)46(56)39-23-35-34-21-33(63-50-49(59-10)48(58-9)47(57-8)30(5)61-50)22-38(34)42(24-36(35)37(39)25-44(55)62-32)54-26-40(51-52-54)31-15-12-14-27(2)20-31/h12,14-15,20,23-24,26,28-30,32-38,41,43,45,47-50H,11,13,16-19,21-22,25H2,1-10H3/t28-,29?,30?,32+,33+,34+,35+,36-,37+,38-,41+,43+,45+,47+,48?,49+,50+/m1/s1. The largest absolute Gasteiger partial charge is 0.462 e. The van der Waals surface area contributed by atoms with Crippen molar-refractivity contribution in [3.05, 3.63) is 53.8 Å². The van der Waals surface area contributed by atoms with E-state index < -0.39 is 30.7 Å². The molecular weight excluding hydrogens is 817 g/mol. The van der Waals surface area contributed by atoms with Gasteiger partial charge in [-0.2, -0.15) is 0 Å². The number of carbonyl (C=O) groups is 2. The number of fused-ring (bicyclic) bond motifs is 5. The van der Waals surface area contributed by atoms with Crippen molar-refractivity contribution in [2.75, 3.05) is 35.4 Å². The van der Waals surface area contributed by atoms with Gasteiger partial charge in [0.05, 0.1) is 37.0 Å². The summed E-state index contributed by atoms with van der Waals surface area (Å²) in [6, 6.07) is 8.56. The third kappa shape index (κ3) is 9.58. The summed E-state index contributed by atoms with van der Waals surface area (Å²) in [4.78, 5) is 31.4. The molecule has 0 bridgehead atoms. The van der Waals surface area contributed by atoms with Crippen LogP contribution in [0.1, 0.15) is 91.0 Å². The molecular formula is C50H72N4O10. The van der Waals surface area contributed by atoms with Crippen LogP contribution >= 0.6 is 0 Å². The van der Waals surface area contributed by atoms with Crippen LogP contribution in [0.25, 0.3) is 17.0 Å². The molecule has 1 saturated carbocycles. The van der Waals surface area contributed by atoms with Crippen LogP contribution in [0.15, 0.2) is 48.2 Å². The van der Waals surface area contributed by atoms with Crippen LogP contribution in [0.3, 0.4) is 0 Å². The smallest absolute Gasteiger partial charge is 0.306 e. The van der Waals surface area contributed by atoms with Crippen LogP contribution in [0, 0.1) is 42.4 Å². The number of Topliss-reactive ketones (excluding diaryl/α,β-unsaturated/α-hetero) is 1. The number of aryl methyl sites for hydroxylation is 1. The first-order valence-electron chi connectivity index (χ1n) is 23.9. The number of aromatic nitrogens is 3. The van der Waals surface area contributed by atoms with Crippen LogP contribution in [-0.4, -0.2) is 135 Å². The topological polar surface area (TPSA) is 142 Å². The van der Waals surface area contributed by atoms with Gasteiger partial charge in [0.15, 0.2) is 18.4 Å². The zero-order valence-electron chi connectivity index (χ0n) is 39.6. The lowest BCUT2D eigenvalue weighted by Crippen LogP contribution is -2.59. The van der Waals surface area contributed by atoms with E-state index in [9.17, 15) is 4.79 Å². The first-order valence-corrected chi connectivity index (χ1v) is 23.9. The third-order valence-electron chi connectivity index (χ3n) is 15.4. The molecule has 14 heteroatoms. The Labute approximate surface area is 379 Å². The number of ether oxygens (including phenoxy) is 8. The predicted octanol–water partition coefficient (Wildman–Crippen LogP) is 7.04. The molecule has 0 radical (unpaired) electrons. The Hall–Kier alpha value is -3.34. The van der Waals surface area contributed by atoms with Crippen molar-refractivity contribution < 1.29 is 47.5 Å². The van der Waals surface area contributed by atoms with Gasteiger partial charge in [0.25, 0.3) is 0 Å². The van der Waals surface area contributed by atoms with Crippen LogP contribution in [0.5, 0.6) is 0 Å². The van der Waals surface area contributed by atoms with E-state index in [0.29, 0.717) is 37.3 Å². The van der Waals surface area contributed by atoms with Gasteiger partial charge in [0.2, 0.25) is 0 Å². The molecule has 3 aliphatic carbocycles. The number of likely N-dealkylation sites (N-methyl/N-ethyl adjacent to an activating group) is 1. The lowest BCUT2D eigenvalue weighted by atomic mass is 9.69. The fourth-order valence-corrected chi connectivity index (χ4v) is 12.1. The van der Waals surface area contributed by atoms with Crippen molar-refractivity contribution in [2.24, 2.45) is 35.5 Å². The number of esters is 1. The molecule has 3 saturated heterocycles. The van der Waals surface area contributed by atoms with E-state index in [1.54, 1.807) is 21.3 Å². The summed E-state index contributed by atoms with van der Waals surface area (Å²) in [7, 11) is 9.13. The second-order valence-electron chi connectivity index (χ2n) is 19.6. The number of ketones is 1. The average molecular weight is 889 g/mol. The molecule has 352 valence electrons. The molecule has 0 N–H and O–H groups in total. The lowest BCUT2D eigenvalue weighted by molar-refractivity contribution is -0.314. The minimum atomic E-state index is -0.688. The van der Waals surface area contributed by atoms with Gasteiger partial charge < -0.3 is 42.8 Å². The minimum Gasteiger partial charge on any atom is -0.462 e. The minimum absolute atomic E-state index is 0.00287. The van der Waals surface area contributed by atoms with Gasteiger partial charge in [0, 0.05) is 56.4 Å². The van der Waals surface area contributed by atoms with Crippen molar-refractivity contribution in [3.8, 4) is 11.3 Å². The quantitative estimate of drug-likeness (QED) is 0.213. The molecule has 3 unspecified atom stereocenters. The van der Waals surface area contributed by atoms with Crippen molar-refractivity contribution >= 4 is 17.4 Å². The summed E-state index contributed by atoms with van der Waals surface area (Å²) in [6.07, 6.45) is 9.20. The summed E-state index contributed by atoms with van der Waals surface area (Å²) in [5.74, 6) is -1.17. The van der Waals surface area contributed by atoms with Gasteiger partial charge in [-0.1, -0.05) is 55.0 Å². The highest BCUT2D eigenvalue weighted by Gasteiger charge is 2.55. The highest BCUT2D eigenvalue weighted by molar-refractivity contribution is 5.99. The number of benzene rings is 1. The predicted molar refractivity (Wildman–Crippen MR) is 240 cm³/mol. The molecule has 17 atom stereocenters. The summed E-state index contributed by atoms with van der Waals surface area (Å²) in [5, 5.41) is 9.41. The van der Waals surface area contributed by atoms with Gasteiger partial charge >= 0.3 is 5.97 Å². The van der Waals surface area contributed by atoms with Gasteiger partial charge in [-0.15, -0.1) is 5.10 Å². The molecule has 14 nitrogen and oxygen atoms in total. The van der Waals surface area contributed by atoms with E-state index in [1.807, 2.05) is 36.9 Å². The van der Waals surface area contributed by atoms with Crippen LogP contribution in [0.4, 0.5) is 0 Å². The molecule has 3 aliphatic heterocycles. The Bertz CT molecular complexity index is 2000. The zero-order chi connectivity index (χ0) is 45.4. The number of carbonyl (C=O) groups excluding carboxylic acids is 2. The van der Waals surface area contributed by atoms with Crippen molar-refractivity contribution in [1.29, 1.82) is 0 Å². The lowest BCUT2D eigenvalue weighted by Gasteiger charge is -2.44. The van der Waals surface area contributed by atoms with E-state index in [-0.39, 0.29) is 84.4 Å². The molecule has 64 heavy (non-hydrogen) atoms. The molecule has 2 aromatic rings. The Balaban J connectivity index is 1.13. The molecule has 8 rings (SSSR count). The highest BCUT2D eigenvalue weighted by atomic mass is 16.7. The molecule has 4 fully saturated rings. The first-order chi connectivity index (χ1) is 30.8. The fraction of sp³-hybridized carbons (Fsp3) is 0.720. The van der Waals surface area contributed by atoms with E-state index in [4.69, 9.17) is 43.1 Å². The van der Waals surface area contributed by atoms with E-state index in [2.05, 4.69) is 69.1 Å². The van der Waals surface area contributed by atoms with Crippen LogP contribution in [0.2, 0.25) is 0 Å². The Kier molecular flexibility index (Phi) is 14.9. The highest BCUT2D eigenvalue weighted by Crippen LogP contribution is 2.57. The Morgan fingerprint density at radius 1 is 0.859 bits per heavy atom. The van der Waals surface area contributed by atoms with E-state index in [1.165, 1.54) is 0 Å².